The molecular formula is C10H12N2O. The van der Waals surface area contributed by atoms with Gasteiger partial charge < -0.3 is 5.73 Å². The molecule has 1 aliphatic carbocycles. The smallest absolute Gasteiger partial charge is 0.185 e. The first-order valence-electron chi connectivity index (χ1n) is 4.51. The summed E-state index contributed by atoms with van der Waals surface area (Å²) < 4.78 is 0. The van der Waals surface area contributed by atoms with Crippen molar-refractivity contribution in [3.63, 3.8) is 0 Å². The Labute approximate surface area is 77.0 Å². The number of Topliss-reactive ketones (excluding diaryl/α,β-unsaturated/α-hetero) is 1. The number of ketones is 1. The maximum atomic E-state index is 11.7. The van der Waals surface area contributed by atoms with Gasteiger partial charge in [-0.25, -0.2) is 0 Å². The van der Waals surface area contributed by atoms with Crippen LogP contribution in [0.15, 0.2) is 18.3 Å². The molecule has 3 heteroatoms. The molecule has 0 saturated carbocycles. The van der Waals surface area contributed by atoms with Gasteiger partial charge in [-0.1, -0.05) is 6.07 Å². The maximum Gasteiger partial charge on any atom is 0.185 e. The van der Waals surface area contributed by atoms with Crippen LogP contribution < -0.4 is 5.73 Å². The summed E-state index contributed by atoms with van der Waals surface area (Å²) in [6.45, 7) is 0.439. The van der Waals surface area contributed by atoms with Crippen LogP contribution in [-0.4, -0.2) is 17.3 Å². The molecule has 3 nitrogen and oxygen atoms in total. The SMILES string of the molecule is NC[C@H]1CCc2cccnc2C1=O. The van der Waals surface area contributed by atoms with Gasteiger partial charge in [0.2, 0.25) is 0 Å². The minimum absolute atomic E-state index is 0.0117. The molecule has 0 bridgehead atoms. The van der Waals surface area contributed by atoms with E-state index < -0.39 is 0 Å². The number of hydrogen-bond acceptors (Lipinski definition) is 3. The van der Waals surface area contributed by atoms with Gasteiger partial charge in [0.05, 0.1) is 0 Å². The molecule has 2 rings (SSSR count). The third kappa shape index (κ3) is 1.35. The summed E-state index contributed by atoms with van der Waals surface area (Å²) in [5.41, 5.74) is 7.20. The molecule has 1 aromatic rings. The fourth-order valence-corrected chi connectivity index (χ4v) is 1.74. The highest BCUT2D eigenvalue weighted by Gasteiger charge is 2.26. The fourth-order valence-electron chi connectivity index (χ4n) is 1.74. The van der Waals surface area contributed by atoms with Crippen LogP contribution in [0.5, 0.6) is 0 Å². The molecule has 0 radical (unpaired) electrons. The zero-order valence-corrected chi connectivity index (χ0v) is 7.36. The van der Waals surface area contributed by atoms with Gasteiger partial charge in [0.25, 0.3) is 0 Å². The number of hydrogen-bond donors (Lipinski definition) is 1. The molecule has 68 valence electrons. The number of carbonyl (C=O) groups excluding carboxylic acids is 1. The van der Waals surface area contributed by atoms with Crippen molar-refractivity contribution >= 4 is 5.78 Å². The summed E-state index contributed by atoms with van der Waals surface area (Å²) in [4.78, 5) is 15.8. The lowest BCUT2D eigenvalue weighted by molar-refractivity contribution is 0.0901. The van der Waals surface area contributed by atoms with Crippen molar-refractivity contribution in [3.05, 3.63) is 29.6 Å². The Kier molecular flexibility index (Phi) is 2.10. The first-order valence-corrected chi connectivity index (χ1v) is 4.51. The topological polar surface area (TPSA) is 56.0 Å². The van der Waals surface area contributed by atoms with Crippen LogP contribution in [0, 0.1) is 5.92 Å². The summed E-state index contributed by atoms with van der Waals surface area (Å²) in [6, 6.07) is 3.84. The van der Waals surface area contributed by atoms with Crippen LogP contribution in [0.3, 0.4) is 0 Å². The second-order valence-electron chi connectivity index (χ2n) is 3.35. The molecular weight excluding hydrogens is 164 g/mol. The number of aromatic nitrogens is 1. The summed E-state index contributed by atoms with van der Waals surface area (Å²) in [6.07, 6.45) is 3.46. The Bertz CT molecular complexity index is 335. The summed E-state index contributed by atoms with van der Waals surface area (Å²) in [5, 5.41) is 0. The van der Waals surface area contributed by atoms with Crippen molar-refractivity contribution in [2.45, 2.75) is 12.8 Å². The molecule has 0 aliphatic heterocycles. The van der Waals surface area contributed by atoms with Crippen LogP contribution >= 0.6 is 0 Å². The number of nitrogens with zero attached hydrogens (tertiary/aromatic N) is 1. The van der Waals surface area contributed by atoms with Gasteiger partial charge in [-0.15, -0.1) is 0 Å². The first-order chi connectivity index (χ1) is 6.33. The lowest BCUT2D eigenvalue weighted by Crippen LogP contribution is -2.29. The van der Waals surface area contributed by atoms with Crippen LogP contribution in [0.4, 0.5) is 0 Å². The standard InChI is InChI=1S/C10H12N2O/c11-6-8-4-3-7-2-1-5-12-9(7)10(8)13/h1-2,5,8H,3-4,6,11H2/t8-/m1/s1. The third-order valence-corrected chi connectivity index (χ3v) is 2.54. The molecule has 0 amide bonds. The third-order valence-electron chi connectivity index (χ3n) is 2.54. The van der Waals surface area contributed by atoms with Gasteiger partial charge in [-0.05, 0) is 24.5 Å². The van der Waals surface area contributed by atoms with Crippen molar-refractivity contribution in [1.82, 2.24) is 4.98 Å². The van der Waals surface area contributed by atoms with Gasteiger partial charge >= 0.3 is 0 Å². The van der Waals surface area contributed by atoms with Crippen LogP contribution in [0.1, 0.15) is 22.5 Å². The molecule has 1 aromatic heterocycles. The van der Waals surface area contributed by atoms with E-state index in [1.807, 2.05) is 12.1 Å². The van der Waals surface area contributed by atoms with E-state index in [4.69, 9.17) is 5.73 Å². The maximum absolute atomic E-state index is 11.7. The highest BCUT2D eigenvalue weighted by atomic mass is 16.1. The van der Waals surface area contributed by atoms with Gasteiger partial charge in [0.1, 0.15) is 5.69 Å². The molecule has 0 spiro atoms. The molecule has 0 unspecified atom stereocenters. The molecule has 1 aliphatic rings. The minimum Gasteiger partial charge on any atom is -0.330 e. The predicted molar refractivity (Wildman–Crippen MR) is 49.4 cm³/mol. The Balaban J connectivity index is 2.39. The summed E-state index contributed by atoms with van der Waals surface area (Å²) in [5.74, 6) is 0.103. The average molecular weight is 176 g/mol. The molecule has 13 heavy (non-hydrogen) atoms. The molecule has 1 heterocycles. The summed E-state index contributed by atoms with van der Waals surface area (Å²) >= 11 is 0. The Morgan fingerprint density at radius 1 is 1.62 bits per heavy atom. The van der Waals surface area contributed by atoms with Crippen molar-refractivity contribution in [1.29, 1.82) is 0 Å². The number of pyridine rings is 1. The molecule has 2 N–H and O–H groups in total. The van der Waals surface area contributed by atoms with Crippen LogP contribution in [0.25, 0.3) is 0 Å². The summed E-state index contributed by atoms with van der Waals surface area (Å²) in [7, 11) is 0. The number of rotatable bonds is 1. The molecule has 0 aromatic carbocycles. The average Bonchev–Trinajstić information content (AvgIpc) is 2.19. The second kappa shape index (κ2) is 3.26. The van der Waals surface area contributed by atoms with E-state index in [1.165, 1.54) is 0 Å². The van der Waals surface area contributed by atoms with Crippen molar-refractivity contribution in [2.24, 2.45) is 11.7 Å². The van der Waals surface area contributed by atoms with Crippen molar-refractivity contribution in [3.8, 4) is 0 Å². The van der Waals surface area contributed by atoms with E-state index in [0.29, 0.717) is 12.2 Å². The van der Waals surface area contributed by atoms with E-state index in [2.05, 4.69) is 4.98 Å². The molecule has 1 atom stereocenters. The monoisotopic (exact) mass is 176 g/mol. The lowest BCUT2D eigenvalue weighted by atomic mass is 9.86. The minimum atomic E-state index is -0.0117. The fraction of sp³-hybridized carbons (Fsp3) is 0.400. The van der Waals surface area contributed by atoms with E-state index in [9.17, 15) is 4.79 Å². The second-order valence-corrected chi connectivity index (χ2v) is 3.35. The molecule has 0 fully saturated rings. The van der Waals surface area contributed by atoms with Crippen LogP contribution in [-0.2, 0) is 6.42 Å². The zero-order valence-electron chi connectivity index (χ0n) is 7.36. The number of fused-ring (bicyclic) bond motifs is 1. The van der Waals surface area contributed by atoms with E-state index in [1.54, 1.807) is 6.20 Å². The van der Waals surface area contributed by atoms with Crippen molar-refractivity contribution < 1.29 is 4.79 Å². The lowest BCUT2D eigenvalue weighted by Gasteiger charge is -2.20. The van der Waals surface area contributed by atoms with Gasteiger partial charge in [0, 0.05) is 18.7 Å². The number of carbonyl (C=O) groups is 1. The van der Waals surface area contributed by atoms with Crippen LogP contribution in [0.2, 0.25) is 0 Å². The molecule has 0 saturated heterocycles. The van der Waals surface area contributed by atoms with E-state index in [-0.39, 0.29) is 11.7 Å². The van der Waals surface area contributed by atoms with Gasteiger partial charge in [-0.2, -0.15) is 0 Å². The Hall–Kier alpha value is -1.22. The van der Waals surface area contributed by atoms with Gasteiger partial charge in [-0.3, -0.25) is 9.78 Å². The number of aryl methyl sites for hydroxylation is 1. The van der Waals surface area contributed by atoms with E-state index >= 15 is 0 Å². The van der Waals surface area contributed by atoms with Gasteiger partial charge in [0.15, 0.2) is 5.78 Å². The Morgan fingerprint density at radius 2 is 2.46 bits per heavy atom. The quantitative estimate of drug-likeness (QED) is 0.688. The number of nitrogens with two attached hydrogens (primary N) is 1. The highest BCUT2D eigenvalue weighted by Crippen LogP contribution is 2.22. The predicted octanol–water partition coefficient (Wildman–Crippen LogP) is 0.785. The Morgan fingerprint density at radius 3 is 3.23 bits per heavy atom. The highest BCUT2D eigenvalue weighted by molar-refractivity contribution is 5.98. The van der Waals surface area contributed by atoms with Crippen molar-refractivity contribution in [2.75, 3.05) is 6.54 Å². The first kappa shape index (κ1) is 8.38. The zero-order chi connectivity index (χ0) is 9.26. The van der Waals surface area contributed by atoms with E-state index in [0.717, 1.165) is 18.4 Å². The normalized spacial score (nSPS) is 21.3. The largest absolute Gasteiger partial charge is 0.330 e.